The van der Waals surface area contributed by atoms with Crippen molar-refractivity contribution >= 4 is 23.2 Å². The Morgan fingerprint density at radius 2 is 1.90 bits per heavy atom. The average Bonchev–Trinajstić information content (AvgIpc) is 2.79. The number of nitrogens with one attached hydrogen (secondary N) is 1. The lowest BCUT2D eigenvalue weighted by atomic mass is 10.1. The van der Waals surface area contributed by atoms with Gasteiger partial charge in [-0.15, -0.1) is 11.3 Å². The fourth-order valence-electron chi connectivity index (χ4n) is 2.02. The maximum absolute atomic E-state index is 12.2. The summed E-state index contributed by atoms with van der Waals surface area (Å²) >= 11 is 1.49. The third-order valence-corrected chi connectivity index (χ3v) is 4.43. The summed E-state index contributed by atoms with van der Waals surface area (Å²) in [6, 6.07) is 8.34. The van der Waals surface area contributed by atoms with Gasteiger partial charge < -0.3 is 10.4 Å². The number of aliphatic carboxylic acids is 1. The Hall–Kier alpha value is -2.14. The standard InChI is InChI=1S/C16H17NO3S/c1-10-11(2)21-9-13(10)15(18)17-14(16(19)20)8-12-6-4-3-5-7-12/h3-7,9,14H,8H2,1-2H3,(H,17,18)(H,19,20). The topological polar surface area (TPSA) is 66.4 Å². The lowest BCUT2D eigenvalue weighted by molar-refractivity contribution is -0.139. The van der Waals surface area contributed by atoms with Gasteiger partial charge in [0.2, 0.25) is 0 Å². The Labute approximate surface area is 127 Å². The SMILES string of the molecule is Cc1scc(C(=O)NC(Cc2ccccc2)C(=O)O)c1C. The first kappa shape index (κ1) is 15.3. The van der Waals surface area contributed by atoms with Crippen LogP contribution >= 0.6 is 11.3 Å². The van der Waals surface area contributed by atoms with Crippen molar-refractivity contribution in [2.24, 2.45) is 0 Å². The molecule has 0 aliphatic carbocycles. The van der Waals surface area contributed by atoms with E-state index in [9.17, 15) is 14.7 Å². The number of carbonyl (C=O) groups excluding carboxylic acids is 1. The van der Waals surface area contributed by atoms with Crippen LogP contribution in [0.2, 0.25) is 0 Å². The highest BCUT2D eigenvalue weighted by molar-refractivity contribution is 7.10. The minimum Gasteiger partial charge on any atom is -0.480 e. The molecule has 2 rings (SSSR count). The van der Waals surface area contributed by atoms with E-state index in [4.69, 9.17) is 0 Å². The molecule has 0 radical (unpaired) electrons. The molecule has 21 heavy (non-hydrogen) atoms. The van der Waals surface area contributed by atoms with Gasteiger partial charge in [0.25, 0.3) is 5.91 Å². The maximum Gasteiger partial charge on any atom is 0.326 e. The predicted molar refractivity (Wildman–Crippen MR) is 82.8 cm³/mol. The number of amides is 1. The number of benzene rings is 1. The summed E-state index contributed by atoms with van der Waals surface area (Å²) in [5, 5.41) is 13.7. The van der Waals surface area contributed by atoms with Gasteiger partial charge in [-0.25, -0.2) is 4.79 Å². The van der Waals surface area contributed by atoms with Crippen LogP contribution < -0.4 is 5.32 Å². The van der Waals surface area contributed by atoms with Gasteiger partial charge in [-0.2, -0.15) is 0 Å². The third kappa shape index (κ3) is 3.70. The summed E-state index contributed by atoms with van der Waals surface area (Å²) in [6.45, 7) is 3.81. The smallest absolute Gasteiger partial charge is 0.326 e. The van der Waals surface area contributed by atoms with E-state index in [1.165, 1.54) is 11.3 Å². The van der Waals surface area contributed by atoms with Gasteiger partial charge in [0, 0.05) is 16.7 Å². The Morgan fingerprint density at radius 3 is 2.43 bits per heavy atom. The molecule has 1 aromatic heterocycles. The molecular weight excluding hydrogens is 286 g/mol. The molecular formula is C16H17NO3S. The Balaban J connectivity index is 2.11. The first-order valence-electron chi connectivity index (χ1n) is 6.61. The number of carbonyl (C=O) groups is 2. The summed E-state index contributed by atoms with van der Waals surface area (Å²) < 4.78 is 0. The lowest BCUT2D eigenvalue weighted by Gasteiger charge is -2.14. The zero-order chi connectivity index (χ0) is 15.4. The van der Waals surface area contributed by atoms with E-state index in [1.807, 2.05) is 44.2 Å². The van der Waals surface area contributed by atoms with E-state index in [2.05, 4.69) is 5.32 Å². The second kappa shape index (κ2) is 6.54. The van der Waals surface area contributed by atoms with Gasteiger partial charge in [0.1, 0.15) is 6.04 Å². The van der Waals surface area contributed by atoms with Crippen molar-refractivity contribution in [2.75, 3.05) is 0 Å². The molecule has 0 spiro atoms. The van der Waals surface area contributed by atoms with Crippen LogP contribution in [0.5, 0.6) is 0 Å². The number of thiophene rings is 1. The molecule has 110 valence electrons. The van der Waals surface area contributed by atoms with Gasteiger partial charge in [-0.3, -0.25) is 4.79 Å². The Kier molecular flexibility index (Phi) is 4.75. The number of carboxylic acid groups (broad SMARTS) is 1. The summed E-state index contributed by atoms with van der Waals surface area (Å²) in [5.74, 6) is -1.36. The average molecular weight is 303 g/mol. The van der Waals surface area contributed by atoms with Crippen LogP contribution in [0.4, 0.5) is 0 Å². The Morgan fingerprint density at radius 1 is 1.24 bits per heavy atom. The normalized spacial score (nSPS) is 11.9. The van der Waals surface area contributed by atoms with E-state index < -0.39 is 12.0 Å². The van der Waals surface area contributed by atoms with Crippen LogP contribution in [0, 0.1) is 13.8 Å². The van der Waals surface area contributed by atoms with Gasteiger partial charge in [-0.05, 0) is 25.0 Å². The van der Waals surface area contributed by atoms with Crippen LogP contribution in [-0.2, 0) is 11.2 Å². The monoisotopic (exact) mass is 303 g/mol. The quantitative estimate of drug-likeness (QED) is 0.892. The largest absolute Gasteiger partial charge is 0.480 e. The molecule has 0 aliphatic rings. The van der Waals surface area contributed by atoms with E-state index in [1.54, 1.807) is 5.38 Å². The van der Waals surface area contributed by atoms with Crippen molar-refractivity contribution in [3.05, 3.63) is 57.3 Å². The molecule has 5 heteroatoms. The highest BCUT2D eigenvalue weighted by Gasteiger charge is 2.22. The summed E-state index contributed by atoms with van der Waals surface area (Å²) in [7, 11) is 0. The number of aryl methyl sites for hydroxylation is 1. The van der Waals surface area contributed by atoms with Crippen LogP contribution in [-0.4, -0.2) is 23.0 Å². The second-order valence-electron chi connectivity index (χ2n) is 4.88. The van der Waals surface area contributed by atoms with E-state index in [-0.39, 0.29) is 12.3 Å². The molecule has 4 nitrogen and oxygen atoms in total. The highest BCUT2D eigenvalue weighted by atomic mass is 32.1. The molecule has 0 fully saturated rings. The maximum atomic E-state index is 12.2. The molecule has 2 aromatic rings. The van der Waals surface area contributed by atoms with Crippen LogP contribution in [0.3, 0.4) is 0 Å². The van der Waals surface area contributed by atoms with Crippen molar-refractivity contribution in [3.63, 3.8) is 0 Å². The first-order chi connectivity index (χ1) is 9.99. The minimum atomic E-state index is -1.03. The molecule has 1 atom stereocenters. The molecule has 1 unspecified atom stereocenters. The fraction of sp³-hybridized carbons (Fsp3) is 0.250. The third-order valence-electron chi connectivity index (χ3n) is 3.42. The lowest BCUT2D eigenvalue weighted by Crippen LogP contribution is -2.42. The molecule has 1 aromatic carbocycles. The fourth-order valence-corrected chi connectivity index (χ4v) is 2.89. The highest BCUT2D eigenvalue weighted by Crippen LogP contribution is 2.20. The number of carboxylic acids is 1. The van der Waals surface area contributed by atoms with Crippen LogP contribution in [0.25, 0.3) is 0 Å². The van der Waals surface area contributed by atoms with Crippen molar-refractivity contribution in [1.82, 2.24) is 5.32 Å². The zero-order valence-corrected chi connectivity index (χ0v) is 12.7. The Bertz CT molecular complexity index is 649. The van der Waals surface area contributed by atoms with Crippen LogP contribution in [0.15, 0.2) is 35.7 Å². The minimum absolute atomic E-state index is 0.268. The molecule has 1 amide bonds. The predicted octanol–water partition coefficient (Wildman–Crippen LogP) is 2.79. The van der Waals surface area contributed by atoms with E-state index in [0.29, 0.717) is 5.56 Å². The van der Waals surface area contributed by atoms with Crippen molar-refractivity contribution < 1.29 is 14.7 Å². The van der Waals surface area contributed by atoms with E-state index >= 15 is 0 Å². The molecule has 1 heterocycles. The number of rotatable bonds is 5. The molecule has 2 N–H and O–H groups in total. The summed E-state index contributed by atoms with van der Waals surface area (Å²) in [5.41, 5.74) is 2.33. The molecule has 0 saturated carbocycles. The van der Waals surface area contributed by atoms with Crippen LogP contribution in [0.1, 0.15) is 26.4 Å². The summed E-state index contributed by atoms with van der Waals surface area (Å²) in [4.78, 5) is 24.6. The van der Waals surface area contributed by atoms with Gasteiger partial charge in [-0.1, -0.05) is 30.3 Å². The van der Waals surface area contributed by atoms with Gasteiger partial charge in [0.05, 0.1) is 5.56 Å². The molecule has 0 aliphatic heterocycles. The van der Waals surface area contributed by atoms with Crippen molar-refractivity contribution in [2.45, 2.75) is 26.3 Å². The zero-order valence-electron chi connectivity index (χ0n) is 11.9. The van der Waals surface area contributed by atoms with E-state index in [0.717, 1.165) is 16.0 Å². The van der Waals surface area contributed by atoms with Gasteiger partial charge >= 0.3 is 5.97 Å². The molecule has 0 saturated heterocycles. The second-order valence-corrected chi connectivity index (χ2v) is 5.97. The first-order valence-corrected chi connectivity index (χ1v) is 7.49. The van der Waals surface area contributed by atoms with Gasteiger partial charge in [0.15, 0.2) is 0 Å². The number of hydrogen-bond acceptors (Lipinski definition) is 3. The summed E-state index contributed by atoms with van der Waals surface area (Å²) in [6.07, 6.45) is 0.268. The van der Waals surface area contributed by atoms with Crippen molar-refractivity contribution in [1.29, 1.82) is 0 Å². The number of hydrogen-bond donors (Lipinski definition) is 2. The molecule has 0 bridgehead atoms. The van der Waals surface area contributed by atoms with Crippen molar-refractivity contribution in [3.8, 4) is 0 Å².